The number of hydrogen-bond donors (Lipinski definition) is 2. The van der Waals surface area contributed by atoms with Gasteiger partial charge in [0.25, 0.3) is 0 Å². The molecule has 0 fully saturated rings. The third-order valence-corrected chi connectivity index (χ3v) is 3.98. The van der Waals surface area contributed by atoms with Gasteiger partial charge in [-0.05, 0) is 39.7 Å². The second-order valence-corrected chi connectivity index (χ2v) is 6.30. The van der Waals surface area contributed by atoms with Crippen LogP contribution in [-0.2, 0) is 10.0 Å². The van der Waals surface area contributed by atoms with Crippen LogP contribution >= 0.6 is 0 Å². The maximum absolute atomic E-state index is 11.7. The Morgan fingerprint density at radius 2 is 2.05 bits per heavy atom. The van der Waals surface area contributed by atoms with Crippen LogP contribution in [0.2, 0.25) is 0 Å². The molecule has 0 radical (unpaired) electrons. The summed E-state index contributed by atoms with van der Waals surface area (Å²) >= 11 is 0. The highest BCUT2D eigenvalue weighted by Gasteiger charge is 2.13. The van der Waals surface area contributed by atoms with E-state index < -0.39 is 10.0 Å². The number of sulfonamides is 1. The molecule has 0 aliphatic carbocycles. The van der Waals surface area contributed by atoms with Gasteiger partial charge in [0, 0.05) is 12.6 Å². The largest absolute Gasteiger partial charge is 0.491 e. The number of benzene rings is 1. The van der Waals surface area contributed by atoms with Crippen LogP contribution in [0.4, 0.5) is 5.69 Å². The SMILES string of the molecule is CNS(=O)(=O)c1ccc(N)c(OCCCN(C)C)c1. The van der Waals surface area contributed by atoms with Gasteiger partial charge in [0.2, 0.25) is 10.0 Å². The molecule has 19 heavy (non-hydrogen) atoms. The van der Waals surface area contributed by atoms with Gasteiger partial charge < -0.3 is 15.4 Å². The molecule has 1 rings (SSSR count). The molecule has 7 heteroatoms. The number of nitrogens with one attached hydrogen (secondary N) is 1. The topological polar surface area (TPSA) is 84.7 Å². The molecule has 6 nitrogen and oxygen atoms in total. The molecular weight excluding hydrogens is 266 g/mol. The van der Waals surface area contributed by atoms with Crippen LogP contribution in [0.25, 0.3) is 0 Å². The maximum atomic E-state index is 11.7. The van der Waals surface area contributed by atoms with Crippen molar-refractivity contribution in [3.63, 3.8) is 0 Å². The minimum absolute atomic E-state index is 0.145. The molecule has 0 spiro atoms. The summed E-state index contributed by atoms with van der Waals surface area (Å²) in [5.74, 6) is 0.398. The summed E-state index contributed by atoms with van der Waals surface area (Å²) in [6.07, 6.45) is 0.843. The quantitative estimate of drug-likeness (QED) is 0.564. The van der Waals surface area contributed by atoms with Crippen molar-refractivity contribution in [1.82, 2.24) is 9.62 Å². The Morgan fingerprint density at radius 1 is 1.37 bits per heavy atom. The molecule has 108 valence electrons. The Kier molecular flexibility index (Phi) is 5.59. The minimum Gasteiger partial charge on any atom is -0.491 e. The van der Waals surface area contributed by atoms with Crippen molar-refractivity contribution in [1.29, 1.82) is 0 Å². The molecule has 0 atom stereocenters. The molecule has 0 saturated heterocycles. The van der Waals surface area contributed by atoms with Crippen molar-refractivity contribution < 1.29 is 13.2 Å². The lowest BCUT2D eigenvalue weighted by atomic mass is 10.3. The smallest absolute Gasteiger partial charge is 0.240 e. The first kappa shape index (κ1) is 15.7. The van der Waals surface area contributed by atoms with Crippen molar-refractivity contribution in [2.75, 3.05) is 40.0 Å². The van der Waals surface area contributed by atoms with Crippen LogP contribution in [0.15, 0.2) is 23.1 Å². The Morgan fingerprint density at radius 3 is 2.63 bits per heavy atom. The number of nitrogen functional groups attached to an aromatic ring is 1. The van der Waals surface area contributed by atoms with E-state index in [4.69, 9.17) is 10.5 Å². The number of nitrogens with zero attached hydrogens (tertiary/aromatic N) is 1. The minimum atomic E-state index is -3.48. The fourth-order valence-corrected chi connectivity index (χ4v) is 2.23. The number of nitrogens with two attached hydrogens (primary N) is 1. The first-order valence-electron chi connectivity index (χ1n) is 5.97. The van der Waals surface area contributed by atoms with Crippen LogP contribution in [-0.4, -0.2) is 47.6 Å². The van der Waals surface area contributed by atoms with Gasteiger partial charge in [-0.15, -0.1) is 0 Å². The maximum Gasteiger partial charge on any atom is 0.240 e. The summed E-state index contributed by atoms with van der Waals surface area (Å²) in [7, 11) is 1.85. The average Bonchev–Trinajstić information content (AvgIpc) is 2.36. The van der Waals surface area contributed by atoms with Gasteiger partial charge in [0.1, 0.15) is 5.75 Å². The zero-order valence-corrected chi connectivity index (χ0v) is 12.3. The second-order valence-electron chi connectivity index (χ2n) is 4.41. The summed E-state index contributed by atoms with van der Waals surface area (Å²) in [4.78, 5) is 2.20. The molecule has 0 bridgehead atoms. The van der Waals surface area contributed by atoms with E-state index in [1.807, 2.05) is 14.1 Å². The molecule has 0 aromatic heterocycles. The molecule has 0 unspecified atom stereocenters. The zero-order valence-electron chi connectivity index (χ0n) is 11.5. The van der Waals surface area contributed by atoms with Gasteiger partial charge in [-0.2, -0.15) is 0 Å². The van der Waals surface area contributed by atoms with Crippen LogP contribution in [0.1, 0.15) is 6.42 Å². The first-order valence-corrected chi connectivity index (χ1v) is 7.45. The lowest BCUT2D eigenvalue weighted by molar-refractivity contribution is 0.282. The van der Waals surface area contributed by atoms with Crippen molar-refractivity contribution in [2.45, 2.75) is 11.3 Å². The van der Waals surface area contributed by atoms with Crippen LogP contribution < -0.4 is 15.2 Å². The van der Waals surface area contributed by atoms with Crippen molar-refractivity contribution in [3.05, 3.63) is 18.2 Å². The fourth-order valence-electron chi connectivity index (χ4n) is 1.49. The number of hydrogen-bond acceptors (Lipinski definition) is 5. The highest BCUT2D eigenvalue weighted by atomic mass is 32.2. The molecule has 3 N–H and O–H groups in total. The summed E-state index contributed by atoms with van der Waals surface area (Å²) in [6, 6.07) is 4.43. The molecule has 0 saturated carbocycles. The average molecular weight is 287 g/mol. The Balaban J connectivity index is 2.75. The predicted molar refractivity (Wildman–Crippen MR) is 75.8 cm³/mol. The third kappa shape index (κ3) is 4.70. The molecule has 0 aliphatic rings. The van der Waals surface area contributed by atoms with E-state index in [2.05, 4.69) is 9.62 Å². The summed E-state index contributed by atoms with van der Waals surface area (Å²) in [6.45, 7) is 1.39. The monoisotopic (exact) mass is 287 g/mol. The van der Waals surface area contributed by atoms with Crippen LogP contribution in [0, 0.1) is 0 Å². The molecular formula is C12H21N3O3S. The molecule has 1 aromatic carbocycles. The van der Waals surface area contributed by atoms with E-state index >= 15 is 0 Å². The highest BCUT2D eigenvalue weighted by molar-refractivity contribution is 7.89. The van der Waals surface area contributed by atoms with Crippen molar-refractivity contribution in [2.24, 2.45) is 0 Å². The number of ether oxygens (including phenoxy) is 1. The molecule has 1 aromatic rings. The summed E-state index contributed by atoms with van der Waals surface area (Å²) < 4.78 is 31.1. The van der Waals surface area contributed by atoms with Gasteiger partial charge >= 0.3 is 0 Å². The first-order chi connectivity index (χ1) is 8.86. The van der Waals surface area contributed by atoms with E-state index in [-0.39, 0.29) is 4.90 Å². The molecule has 0 aliphatic heterocycles. The highest BCUT2D eigenvalue weighted by Crippen LogP contribution is 2.25. The van der Waals surface area contributed by atoms with Crippen molar-refractivity contribution in [3.8, 4) is 5.75 Å². The Labute approximate surface area is 114 Å². The van der Waals surface area contributed by atoms with E-state index in [0.717, 1.165) is 13.0 Å². The van der Waals surface area contributed by atoms with Gasteiger partial charge in [0.05, 0.1) is 17.2 Å². The summed E-state index contributed by atoms with van der Waals surface area (Å²) in [5.41, 5.74) is 6.20. The third-order valence-electron chi connectivity index (χ3n) is 2.57. The second kappa shape index (κ2) is 6.74. The van der Waals surface area contributed by atoms with Gasteiger partial charge in [0.15, 0.2) is 0 Å². The molecule has 0 amide bonds. The van der Waals surface area contributed by atoms with E-state index in [0.29, 0.717) is 18.0 Å². The van der Waals surface area contributed by atoms with Crippen molar-refractivity contribution >= 4 is 15.7 Å². The number of anilines is 1. The van der Waals surface area contributed by atoms with Crippen LogP contribution in [0.5, 0.6) is 5.75 Å². The number of rotatable bonds is 7. The van der Waals surface area contributed by atoms with Gasteiger partial charge in [-0.25, -0.2) is 13.1 Å². The Bertz CT molecular complexity index is 515. The lowest BCUT2D eigenvalue weighted by Crippen LogP contribution is -2.19. The summed E-state index contributed by atoms with van der Waals surface area (Å²) in [5, 5.41) is 0. The fraction of sp³-hybridized carbons (Fsp3) is 0.500. The van der Waals surface area contributed by atoms with Crippen LogP contribution in [0.3, 0.4) is 0 Å². The van der Waals surface area contributed by atoms with E-state index in [1.165, 1.54) is 25.2 Å². The Hall–Kier alpha value is -1.31. The van der Waals surface area contributed by atoms with E-state index in [1.54, 1.807) is 0 Å². The van der Waals surface area contributed by atoms with E-state index in [9.17, 15) is 8.42 Å². The van der Waals surface area contributed by atoms with Gasteiger partial charge in [-0.3, -0.25) is 0 Å². The standard InChI is InChI=1S/C12H21N3O3S/c1-14-19(16,17)10-5-6-11(13)12(9-10)18-8-4-7-15(2)3/h5-6,9,14H,4,7-8,13H2,1-3H3. The lowest BCUT2D eigenvalue weighted by Gasteiger charge is -2.12. The zero-order chi connectivity index (χ0) is 14.5. The van der Waals surface area contributed by atoms with Gasteiger partial charge in [-0.1, -0.05) is 0 Å². The predicted octanol–water partition coefficient (Wildman–Crippen LogP) is 0.507. The normalized spacial score (nSPS) is 11.8. The molecule has 0 heterocycles.